The molecule has 0 unspecified atom stereocenters. The zero-order valence-electron chi connectivity index (χ0n) is 8.71. The third-order valence-electron chi connectivity index (χ3n) is 2.27. The average Bonchev–Trinajstić information content (AvgIpc) is 2.25. The lowest BCUT2D eigenvalue weighted by atomic mass is 10.0. The van der Waals surface area contributed by atoms with Crippen molar-refractivity contribution in [2.24, 2.45) is 5.73 Å². The van der Waals surface area contributed by atoms with Crippen molar-refractivity contribution in [1.82, 2.24) is 0 Å². The fraction of sp³-hybridized carbons (Fsp3) is 0.417. The van der Waals surface area contributed by atoms with Gasteiger partial charge in [0.2, 0.25) is 0 Å². The molecule has 0 spiro atoms. The molecule has 3 heteroatoms. The number of carbonyl (C=O) groups is 1. The summed E-state index contributed by atoms with van der Waals surface area (Å²) in [6.07, 6.45) is 3.30. The number of benzene rings is 1. The number of rotatable bonds is 6. The third kappa shape index (κ3) is 4.21. The van der Waals surface area contributed by atoms with Crippen LogP contribution in [0.1, 0.15) is 36.0 Å². The highest BCUT2D eigenvalue weighted by molar-refractivity contribution is 5.95. The molecule has 0 radical (unpaired) electrons. The molecule has 82 valence electrons. The Labute approximate surface area is 89.3 Å². The van der Waals surface area contributed by atoms with E-state index in [9.17, 15) is 9.18 Å². The standard InChI is InChI=1S/C12H16FNO/c13-11-7-5-10(6-8-11)12(15)4-2-1-3-9-14/h5-8H,1-4,9,14H2. The first-order valence-electron chi connectivity index (χ1n) is 5.23. The molecule has 0 aromatic heterocycles. The Kier molecular flexibility index (Phi) is 4.98. The lowest BCUT2D eigenvalue weighted by Crippen LogP contribution is -2.01. The molecule has 0 heterocycles. The summed E-state index contributed by atoms with van der Waals surface area (Å²) in [5, 5.41) is 0. The van der Waals surface area contributed by atoms with Crippen molar-refractivity contribution in [1.29, 1.82) is 0 Å². The summed E-state index contributed by atoms with van der Waals surface area (Å²) in [7, 11) is 0. The number of Topliss-reactive ketones (excluding diaryl/α,β-unsaturated/α-hetero) is 1. The molecule has 1 rings (SSSR count). The van der Waals surface area contributed by atoms with Gasteiger partial charge in [0.25, 0.3) is 0 Å². The van der Waals surface area contributed by atoms with E-state index in [-0.39, 0.29) is 11.6 Å². The number of hydrogen-bond donors (Lipinski definition) is 1. The fourth-order valence-corrected chi connectivity index (χ4v) is 1.39. The Hall–Kier alpha value is -1.22. The van der Waals surface area contributed by atoms with Crippen LogP contribution in [0.25, 0.3) is 0 Å². The van der Waals surface area contributed by atoms with Crippen LogP contribution in [0.2, 0.25) is 0 Å². The number of carbonyl (C=O) groups excluding carboxylic acids is 1. The van der Waals surface area contributed by atoms with Gasteiger partial charge in [-0.1, -0.05) is 6.42 Å². The monoisotopic (exact) mass is 209 g/mol. The van der Waals surface area contributed by atoms with E-state index in [4.69, 9.17) is 5.73 Å². The van der Waals surface area contributed by atoms with Gasteiger partial charge in [-0.15, -0.1) is 0 Å². The summed E-state index contributed by atoms with van der Waals surface area (Å²) in [5.74, 6) is -0.235. The highest BCUT2D eigenvalue weighted by Crippen LogP contribution is 2.09. The Morgan fingerprint density at radius 2 is 1.80 bits per heavy atom. The van der Waals surface area contributed by atoms with Gasteiger partial charge in [-0.3, -0.25) is 4.79 Å². The van der Waals surface area contributed by atoms with Crippen molar-refractivity contribution in [3.05, 3.63) is 35.6 Å². The first-order valence-corrected chi connectivity index (χ1v) is 5.23. The largest absolute Gasteiger partial charge is 0.330 e. The lowest BCUT2D eigenvalue weighted by molar-refractivity contribution is 0.0979. The smallest absolute Gasteiger partial charge is 0.162 e. The lowest BCUT2D eigenvalue weighted by Gasteiger charge is -2.00. The number of halogens is 1. The van der Waals surface area contributed by atoms with Gasteiger partial charge in [0.05, 0.1) is 0 Å². The third-order valence-corrected chi connectivity index (χ3v) is 2.27. The van der Waals surface area contributed by atoms with Gasteiger partial charge in [-0.25, -0.2) is 4.39 Å². The van der Waals surface area contributed by atoms with E-state index < -0.39 is 0 Å². The molecule has 15 heavy (non-hydrogen) atoms. The first kappa shape index (κ1) is 11.9. The minimum Gasteiger partial charge on any atom is -0.330 e. The van der Waals surface area contributed by atoms with Crippen LogP contribution in [-0.2, 0) is 0 Å². The Balaban J connectivity index is 2.37. The Morgan fingerprint density at radius 3 is 2.40 bits per heavy atom. The summed E-state index contributed by atoms with van der Waals surface area (Å²) in [4.78, 5) is 11.6. The molecule has 0 saturated heterocycles. The van der Waals surface area contributed by atoms with Crippen LogP contribution in [0, 0.1) is 5.82 Å². The van der Waals surface area contributed by atoms with Gasteiger partial charge in [0.1, 0.15) is 5.82 Å². The van der Waals surface area contributed by atoms with Crippen molar-refractivity contribution >= 4 is 5.78 Å². The van der Waals surface area contributed by atoms with Gasteiger partial charge in [-0.05, 0) is 43.7 Å². The zero-order valence-corrected chi connectivity index (χ0v) is 8.71. The minimum atomic E-state index is -0.310. The molecule has 1 aromatic carbocycles. The predicted molar refractivity (Wildman–Crippen MR) is 58.3 cm³/mol. The summed E-state index contributed by atoms with van der Waals surface area (Å²) in [6, 6.07) is 5.68. The summed E-state index contributed by atoms with van der Waals surface area (Å²) >= 11 is 0. The van der Waals surface area contributed by atoms with Crippen LogP contribution in [0.3, 0.4) is 0 Å². The molecular formula is C12H16FNO. The normalized spacial score (nSPS) is 10.3. The number of nitrogens with two attached hydrogens (primary N) is 1. The van der Waals surface area contributed by atoms with Gasteiger partial charge in [-0.2, -0.15) is 0 Å². The summed E-state index contributed by atoms with van der Waals surface area (Å²) in [6.45, 7) is 0.671. The van der Waals surface area contributed by atoms with Crippen molar-refractivity contribution in [2.45, 2.75) is 25.7 Å². The van der Waals surface area contributed by atoms with E-state index in [0.29, 0.717) is 18.5 Å². The molecule has 0 bridgehead atoms. The molecule has 2 N–H and O–H groups in total. The van der Waals surface area contributed by atoms with Crippen LogP contribution in [0.4, 0.5) is 4.39 Å². The van der Waals surface area contributed by atoms with E-state index in [1.165, 1.54) is 24.3 Å². The van der Waals surface area contributed by atoms with Gasteiger partial charge >= 0.3 is 0 Å². The first-order chi connectivity index (χ1) is 7.24. The van der Waals surface area contributed by atoms with Gasteiger partial charge in [0.15, 0.2) is 5.78 Å². The van der Waals surface area contributed by atoms with E-state index in [0.717, 1.165) is 19.3 Å². The maximum Gasteiger partial charge on any atom is 0.162 e. The second kappa shape index (κ2) is 6.30. The van der Waals surface area contributed by atoms with E-state index in [1.54, 1.807) is 0 Å². The van der Waals surface area contributed by atoms with Crippen LogP contribution < -0.4 is 5.73 Å². The maximum atomic E-state index is 12.6. The molecule has 0 aliphatic heterocycles. The van der Waals surface area contributed by atoms with E-state index >= 15 is 0 Å². The second-order valence-electron chi connectivity index (χ2n) is 3.53. The SMILES string of the molecule is NCCCCCC(=O)c1ccc(F)cc1. The number of unbranched alkanes of at least 4 members (excludes halogenated alkanes) is 2. The highest BCUT2D eigenvalue weighted by Gasteiger charge is 2.04. The quantitative estimate of drug-likeness (QED) is 0.578. The molecule has 0 amide bonds. The number of hydrogen-bond acceptors (Lipinski definition) is 2. The molecule has 0 atom stereocenters. The molecule has 2 nitrogen and oxygen atoms in total. The molecule has 0 fully saturated rings. The molecule has 1 aromatic rings. The van der Waals surface area contributed by atoms with Crippen LogP contribution in [-0.4, -0.2) is 12.3 Å². The molecule has 0 aliphatic carbocycles. The Bertz CT molecular complexity index is 308. The fourth-order valence-electron chi connectivity index (χ4n) is 1.39. The minimum absolute atomic E-state index is 0.0759. The van der Waals surface area contributed by atoms with Gasteiger partial charge in [0, 0.05) is 12.0 Å². The maximum absolute atomic E-state index is 12.6. The number of ketones is 1. The van der Waals surface area contributed by atoms with Gasteiger partial charge < -0.3 is 5.73 Å². The molecular weight excluding hydrogens is 193 g/mol. The van der Waals surface area contributed by atoms with Crippen molar-refractivity contribution in [3.63, 3.8) is 0 Å². The van der Waals surface area contributed by atoms with Crippen molar-refractivity contribution in [2.75, 3.05) is 6.54 Å². The Morgan fingerprint density at radius 1 is 1.13 bits per heavy atom. The predicted octanol–water partition coefficient (Wildman–Crippen LogP) is 2.53. The molecule has 0 saturated carbocycles. The topological polar surface area (TPSA) is 43.1 Å². The van der Waals surface area contributed by atoms with Crippen LogP contribution in [0.5, 0.6) is 0 Å². The highest BCUT2D eigenvalue weighted by atomic mass is 19.1. The van der Waals surface area contributed by atoms with Crippen LogP contribution >= 0.6 is 0 Å². The van der Waals surface area contributed by atoms with E-state index in [2.05, 4.69) is 0 Å². The average molecular weight is 209 g/mol. The van der Waals surface area contributed by atoms with Crippen LogP contribution in [0.15, 0.2) is 24.3 Å². The summed E-state index contributed by atoms with van der Waals surface area (Å²) < 4.78 is 12.6. The summed E-state index contributed by atoms with van der Waals surface area (Å²) in [5.41, 5.74) is 5.93. The van der Waals surface area contributed by atoms with Crippen molar-refractivity contribution in [3.8, 4) is 0 Å². The van der Waals surface area contributed by atoms with Crippen molar-refractivity contribution < 1.29 is 9.18 Å². The second-order valence-corrected chi connectivity index (χ2v) is 3.53. The zero-order chi connectivity index (χ0) is 11.1. The molecule has 0 aliphatic rings. The van der Waals surface area contributed by atoms with E-state index in [1.807, 2.05) is 0 Å².